The lowest BCUT2D eigenvalue weighted by Gasteiger charge is -2.18. The average molecular weight is 412 g/mol. The topological polar surface area (TPSA) is 74.0 Å². The zero-order valence-corrected chi connectivity index (χ0v) is 17.4. The van der Waals surface area contributed by atoms with Gasteiger partial charge in [-0.15, -0.1) is 0 Å². The van der Waals surface area contributed by atoms with Crippen LogP contribution in [0, 0.1) is 0 Å². The van der Waals surface area contributed by atoms with Crippen molar-refractivity contribution in [1.82, 2.24) is 15.6 Å². The summed E-state index contributed by atoms with van der Waals surface area (Å²) in [6, 6.07) is 24.7. The van der Waals surface area contributed by atoms with Gasteiger partial charge in [0.05, 0.1) is 6.04 Å². The molecular formula is C26H25N3O2. The van der Waals surface area contributed by atoms with Crippen molar-refractivity contribution in [2.45, 2.75) is 12.5 Å². The monoisotopic (exact) mass is 411 g/mol. The number of ketones is 1. The van der Waals surface area contributed by atoms with E-state index in [-0.39, 0.29) is 11.7 Å². The molecule has 0 spiro atoms. The van der Waals surface area contributed by atoms with E-state index in [1.54, 1.807) is 13.2 Å². The van der Waals surface area contributed by atoms with Crippen LogP contribution in [-0.2, 0) is 6.42 Å². The highest BCUT2D eigenvalue weighted by atomic mass is 16.1. The van der Waals surface area contributed by atoms with Crippen molar-refractivity contribution in [3.63, 3.8) is 0 Å². The van der Waals surface area contributed by atoms with Gasteiger partial charge in [0.15, 0.2) is 5.78 Å². The Bertz CT molecular complexity index is 1180. The van der Waals surface area contributed by atoms with E-state index in [2.05, 4.69) is 15.6 Å². The third kappa shape index (κ3) is 4.57. The van der Waals surface area contributed by atoms with Gasteiger partial charge in [0.1, 0.15) is 0 Å². The second-order valence-corrected chi connectivity index (χ2v) is 7.44. The first-order chi connectivity index (χ1) is 15.2. The third-order valence-electron chi connectivity index (χ3n) is 5.46. The molecule has 0 radical (unpaired) electrons. The van der Waals surface area contributed by atoms with Gasteiger partial charge in [-0.25, -0.2) is 0 Å². The van der Waals surface area contributed by atoms with Crippen LogP contribution in [0.15, 0.2) is 85.1 Å². The molecule has 0 saturated heterocycles. The molecule has 1 atom stereocenters. The Kier molecular flexibility index (Phi) is 6.24. The molecule has 4 rings (SSSR count). The number of hydrogen-bond donors (Lipinski definition) is 3. The van der Waals surface area contributed by atoms with E-state index in [1.165, 1.54) is 0 Å². The molecule has 4 aromatic rings. The predicted molar refractivity (Wildman–Crippen MR) is 123 cm³/mol. The SMILES string of the molecule is CNC(=O)c1ccc(CCN[C@@H](C(=O)c2c[nH]c3ccccc23)c2ccccc2)cc1. The number of amides is 1. The van der Waals surface area contributed by atoms with E-state index in [9.17, 15) is 9.59 Å². The Labute approximate surface area is 181 Å². The molecule has 3 N–H and O–H groups in total. The highest BCUT2D eigenvalue weighted by molar-refractivity contribution is 6.10. The molecule has 0 fully saturated rings. The minimum Gasteiger partial charge on any atom is -0.360 e. The number of benzene rings is 3. The standard InChI is InChI=1S/C26H25N3O2/c1-27-26(31)20-13-11-18(12-14-20)15-16-28-24(19-7-3-2-4-8-19)25(30)22-17-29-23-10-6-5-9-21(22)23/h2-14,17,24,28-29H,15-16H2,1H3,(H,27,31)/t24-/m1/s1. The maximum Gasteiger partial charge on any atom is 0.251 e. The smallest absolute Gasteiger partial charge is 0.251 e. The minimum absolute atomic E-state index is 0.0404. The van der Waals surface area contributed by atoms with Gasteiger partial charge in [-0.1, -0.05) is 60.7 Å². The van der Waals surface area contributed by atoms with Crippen LogP contribution in [0.4, 0.5) is 0 Å². The molecule has 0 bridgehead atoms. The molecule has 1 heterocycles. The molecular weight excluding hydrogens is 386 g/mol. The van der Waals surface area contributed by atoms with Gasteiger partial charge >= 0.3 is 0 Å². The first-order valence-electron chi connectivity index (χ1n) is 10.4. The summed E-state index contributed by atoms with van der Waals surface area (Å²) in [5.41, 5.74) is 4.32. The summed E-state index contributed by atoms with van der Waals surface area (Å²) in [6.07, 6.45) is 2.54. The van der Waals surface area contributed by atoms with Crippen LogP contribution in [0.2, 0.25) is 0 Å². The Morgan fingerprint density at radius 1 is 0.903 bits per heavy atom. The molecule has 0 saturated carbocycles. The van der Waals surface area contributed by atoms with E-state index in [0.29, 0.717) is 17.7 Å². The quantitative estimate of drug-likeness (QED) is 0.379. The molecule has 0 unspecified atom stereocenters. The number of rotatable bonds is 8. The largest absolute Gasteiger partial charge is 0.360 e. The first-order valence-corrected chi connectivity index (χ1v) is 10.4. The molecule has 5 nitrogen and oxygen atoms in total. The van der Waals surface area contributed by atoms with Crippen molar-refractivity contribution >= 4 is 22.6 Å². The van der Waals surface area contributed by atoms with Crippen LogP contribution in [0.1, 0.15) is 37.9 Å². The third-order valence-corrected chi connectivity index (χ3v) is 5.46. The van der Waals surface area contributed by atoms with Crippen molar-refractivity contribution in [3.8, 4) is 0 Å². The fraction of sp³-hybridized carbons (Fsp3) is 0.154. The van der Waals surface area contributed by atoms with Crippen molar-refractivity contribution in [2.24, 2.45) is 0 Å². The number of carbonyl (C=O) groups is 2. The Hall–Kier alpha value is -3.70. The lowest BCUT2D eigenvalue weighted by molar-refractivity contribution is 0.0941. The second kappa shape index (κ2) is 9.41. The van der Waals surface area contributed by atoms with Gasteiger partial charge in [0.25, 0.3) is 5.91 Å². The number of H-pyrrole nitrogens is 1. The molecule has 0 aliphatic heterocycles. The number of fused-ring (bicyclic) bond motifs is 1. The van der Waals surface area contributed by atoms with Crippen molar-refractivity contribution < 1.29 is 9.59 Å². The van der Waals surface area contributed by atoms with Gasteiger partial charge in [-0.3, -0.25) is 9.59 Å². The van der Waals surface area contributed by atoms with Gasteiger partial charge in [0.2, 0.25) is 0 Å². The van der Waals surface area contributed by atoms with E-state index < -0.39 is 6.04 Å². The van der Waals surface area contributed by atoms with Gasteiger partial charge in [0, 0.05) is 41.8 Å². The number of hydrogen-bond acceptors (Lipinski definition) is 3. The fourth-order valence-electron chi connectivity index (χ4n) is 3.77. The summed E-state index contributed by atoms with van der Waals surface area (Å²) in [5.74, 6) is -0.0586. The average Bonchev–Trinajstić information content (AvgIpc) is 3.26. The van der Waals surface area contributed by atoms with E-state index in [4.69, 9.17) is 0 Å². The zero-order chi connectivity index (χ0) is 21.6. The summed E-state index contributed by atoms with van der Waals surface area (Å²) >= 11 is 0. The summed E-state index contributed by atoms with van der Waals surface area (Å²) in [5, 5.41) is 7.00. The minimum atomic E-state index is -0.439. The first kappa shape index (κ1) is 20.6. The van der Waals surface area contributed by atoms with Crippen LogP contribution < -0.4 is 10.6 Å². The second-order valence-electron chi connectivity index (χ2n) is 7.44. The number of nitrogens with one attached hydrogen (secondary N) is 3. The predicted octanol–water partition coefficient (Wildman–Crippen LogP) is 4.28. The van der Waals surface area contributed by atoms with E-state index in [0.717, 1.165) is 28.5 Å². The normalized spacial score (nSPS) is 11.9. The summed E-state index contributed by atoms with van der Waals surface area (Å²) < 4.78 is 0. The molecule has 0 aliphatic rings. The maximum atomic E-state index is 13.5. The molecule has 1 amide bonds. The van der Waals surface area contributed by atoms with Gasteiger partial charge in [-0.2, -0.15) is 0 Å². The van der Waals surface area contributed by atoms with Crippen molar-refractivity contribution in [2.75, 3.05) is 13.6 Å². The van der Waals surface area contributed by atoms with Crippen LogP contribution in [0.5, 0.6) is 0 Å². The summed E-state index contributed by atoms with van der Waals surface area (Å²) in [4.78, 5) is 28.4. The number of aromatic nitrogens is 1. The van der Waals surface area contributed by atoms with Crippen molar-refractivity contribution in [1.29, 1.82) is 0 Å². The van der Waals surface area contributed by atoms with E-state index in [1.807, 2.05) is 78.9 Å². The fourth-order valence-corrected chi connectivity index (χ4v) is 3.77. The van der Waals surface area contributed by atoms with Crippen LogP contribution >= 0.6 is 0 Å². The highest BCUT2D eigenvalue weighted by Crippen LogP contribution is 2.24. The molecule has 5 heteroatoms. The van der Waals surface area contributed by atoms with E-state index >= 15 is 0 Å². The molecule has 1 aromatic heterocycles. The Morgan fingerprint density at radius 3 is 2.35 bits per heavy atom. The van der Waals surface area contributed by atoms with Crippen LogP contribution in [-0.4, -0.2) is 30.3 Å². The maximum absolute atomic E-state index is 13.5. The number of aromatic amines is 1. The highest BCUT2D eigenvalue weighted by Gasteiger charge is 2.23. The number of para-hydroxylation sites is 1. The Morgan fingerprint density at radius 2 is 1.61 bits per heavy atom. The number of Topliss-reactive ketones (excluding diaryl/α,β-unsaturated/α-hetero) is 1. The number of carbonyl (C=O) groups excluding carboxylic acids is 2. The Balaban J connectivity index is 1.51. The molecule has 156 valence electrons. The zero-order valence-electron chi connectivity index (χ0n) is 17.4. The van der Waals surface area contributed by atoms with Crippen LogP contribution in [0.25, 0.3) is 10.9 Å². The summed E-state index contributed by atoms with van der Waals surface area (Å²) in [6.45, 7) is 0.632. The van der Waals surface area contributed by atoms with Gasteiger partial charge in [-0.05, 0) is 35.7 Å². The van der Waals surface area contributed by atoms with Gasteiger partial charge < -0.3 is 15.6 Å². The van der Waals surface area contributed by atoms with Crippen molar-refractivity contribution in [3.05, 3.63) is 107 Å². The molecule has 0 aliphatic carbocycles. The summed E-state index contributed by atoms with van der Waals surface area (Å²) in [7, 11) is 1.62. The van der Waals surface area contributed by atoms with Crippen LogP contribution in [0.3, 0.4) is 0 Å². The molecule has 3 aromatic carbocycles. The molecule has 31 heavy (non-hydrogen) atoms. The lowest BCUT2D eigenvalue weighted by Crippen LogP contribution is -2.30. The lowest BCUT2D eigenvalue weighted by atomic mass is 9.96.